The van der Waals surface area contributed by atoms with E-state index in [1.807, 2.05) is 0 Å². The van der Waals surface area contributed by atoms with Crippen LogP contribution >= 0.6 is 23.4 Å². The molecule has 0 aromatic heterocycles. The van der Waals surface area contributed by atoms with Crippen molar-refractivity contribution in [3.8, 4) is 0 Å². The third-order valence-electron chi connectivity index (χ3n) is 3.23. The van der Waals surface area contributed by atoms with Crippen molar-refractivity contribution in [2.45, 2.75) is 32.5 Å². The lowest BCUT2D eigenvalue weighted by Gasteiger charge is -2.24. The molecule has 1 N–H and O–H groups in total. The van der Waals surface area contributed by atoms with E-state index in [4.69, 9.17) is 11.6 Å². The van der Waals surface area contributed by atoms with Gasteiger partial charge in [0.05, 0.1) is 17.3 Å². The first kappa shape index (κ1) is 16.5. The summed E-state index contributed by atoms with van der Waals surface area (Å²) in [6, 6.07) is 3.86. The number of rotatable bonds is 2. The van der Waals surface area contributed by atoms with Crippen molar-refractivity contribution in [1.29, 1.82) is 0 Å². The van der Waals surface area contributed by atoms with Crippen molar-refractivity contribution >= 4 is 34.2 Å². The molecule has 0 radical (unpaired) electrons. The quantitative estimate of drug-likeness (QED) is 0.793. The highest BCUT2D eigenvalue weighted by Crippen LogP contribution is 2.37. The van der Waals surface area contributed by atoms with Gasteiger partial charge in [0.25, 0.3) is 0 Å². The predicted octanol–water partition coefficient (Wildman–Crippen LogP) is 5.29. The van der Waals surface area contributed by atoms with Crippen LogP contribution in [-0.4, -0.2) is 17.0 Å². The van der Waals surface area contributed by atoms with Crippen LogP contribution in [0.3, 0.4) is 0 Å². The number of aliphatic imine (C=N–C) groups is 1. The molecule has 0 spiro atoms. The van der Waals surface area contributed by atoms with Crippen molar-refractivity contribution in [2.24, 2.45) is 10.9 Å². The van der Waals surface area contributed by atoms with Crippen LogP contribution in [-0.2, 0) is 6.18 Å². The lowest BCUT2D eigenvalue weighted by atomic mass is 10.0. The molecule has 1 heterocycles. The van der Waals surface area contributed by atoms with Crippen molar-refractivity contribution in [1.82, 2.24) is 0 Å². The van der Waals surface area contributed by atoms with E-state index in [1.54, 1.807) is 0 Å². The third kappa shape index (κ3) is 4.30. The maximum Gasteiger partial charge on any atom is 0.418 e. The molecule has 0 aliphatic carbocycles. The Hall–Kier alpha value is -0.880. The molecule has 7 heteroatoms. The monoisotopic (exact) mass is 336 g/mol. The molecule has 116 valence electrons. The zero-order valence-electron chi connectivity index (χ0n) is 11.7. The number of nitrogens with one attached hydrogen (secondary N) is 1. The number of hydrogen-bond acceptors (Lipinski definition) is 3. The maximum absolute atomic E-state index is 13.0. The number of nitrogens with zero attached hydrogens (tertiary/aromatic N) is 1. The van der Waals surface area contributed by atoms with Gasteiger partial charge in [-0.25, -0.2) is 0 Å². The van der Waals surface area contributed by atoms with Gasteiger partial charge in [-0.15, -0.1) is 0 Å². The molecule has 1 unspecified atom stereocenters. The minimum Gasteiger partial charge on any atom is -0.334 e. The fourth-order valence-corrected chi connectivity index (χ4v) is 3.17. The summed E-state index contributed by atoms with van der Waals surface area (Å²) in [5.74, 6) is 1.22. The Morgan fingerprint density at radius 2 is 2.10 bits per heavy atom. The molecule has 0 fully saturated rings. The third-order valence-corrected chi connectivity index (χ3v) is 4.39. The first-order valence-corrected chi connectivity index (χ1v) is 7.98. The van der Waals surface area contributed by atoms with Crippen LogP contribution < -0.4 is 5.32 Å². The van der Waals surface area contributed by atoms with E-state index in [0.29, 0.717) is 11.1 Å². The number of benzene rings is 1. The summed E-state index contributed by atoms with van der Waals surface area (Å²) in [5.41, 5.74) is -0.785. The lowest BCUT2D eigenvalue weighted by Crippen LogP contribution is -2.24. The molecule has 0 bridgehead atoms. The van der Waals surface area contributed by atoms with Gasteiger partial charge in [0.2, 0.25) is 0 Å². The Bertz CT molecular complexity index is 544. The molecular formula is C14H16ClF3N2S. The summed E-state index contributed by atoms with van der Waals surface area (Å²) in [5, 5.41) is 3.40. The van der Waals surface area contributed by atoms with Crippen LogP contribution in [0.2, 0.25) is 5.02 Å². The van der Waals surface area contributed by atoms with Crippen molar-refractivity contribution in [3.63, 3.8) is 0 Å². The highest BCUT2D eigenvalue weighted by atomic mass is 35.5. The Morgan fingerprint density at radius 3 is 2.71 bits per heavy atom. The summed E-state index contributed by atoms with van der Waals surface area (Å²) in [6.45, 7) is 4.12. The van der Waals surface area contributed by atoms with Gasteiger partial charge in [-0.1, -0.05) is 37.2 Å². The molecule has 2 nitrogen and oxygen atoms in total. The van der Waals surface area contributed by atoms with E-state index in [1.165, 1.54) is 23.9 Å². The Labute approximate surface area is 131 Å². The number of anilines is 1. The first-order chi connectivity index (χ1) is 9.77. The predicted molar refractivity (Wildman–Crippen MR) is 83.2 cm³/mol. The van der Waals surface area contributed by atoms with Crippen LogP contribution in [0, 0.1) is 5.92 Å². The molecule has 1 aromatic rings. The van der Waals surface area contributed by atoms with Crippen molar-refractivity contribution in [2.75, 3.05) is 11.1 Å². The summed E-state index contributed by atoms with van der Waals surface area (Å²) in [4.78, 5) is 4.49. The maximum atomic E-state index is 13.0. The van der Waals surface area contributed by atoms with Crippen molar-refractivity contribution in [3.05, 3.63) is 28.8 Å². The Morgan fingerprint density at radius 1 is 1.38 bits per heavy atom. The molecule has 1 aliphatic heterocycles. The van der Waals surface area contributed by atoms with Gasteiger partial charge >= 0.3 is 6.18 Å². The largest absolute Gasteiger partial charge is 0.418 e. The fraction of sp³-hybridized carbons (Fsp3) is 0.500. The minimum absolute atomic E-state index is 0.0115. The second-order valence-corrected chi connectivity index (χ2v) is 6.72. The van der Waals surface area contributed by atoms with E-state index in [2.05, 4.69) is 24.2 Å². The molecular weight excluding hydrogens is 321 g/mol. The molecule has 0 saturated heterocycles. The zero-order chi connectivity index (χ0) is 15.6. The number of thioether (sulfide) groups is 1. The molecule has 21 heavy (non-hydrogen) atoms. The van der Waals surface area contributed by atoms with E-state index in [0.717, 1.165) is 18.2 Å². The summed E-state index contributed by atoms with van der Waals surface area (Å²) >= 11 is 7.11. The number of hydrogen-bond donors (Lipinski definition) is 1. The second-order valence-electron chi connectivity index (χ2n) is 5.20. The standard InChI is InChI=1S/C14H16ClF3N2S/c1-8(2)11-5-6-21-13(19-11)20-12-4-3-9(15)7-10(12)14(16,17)18/h3-4,7-8,11H,5-6H2,1-2H3,(H,19,20). The highest BCUT2D eigenvalue weighted by Gasteiger charge is 2.34. The van der Waals surface area contributed by atoms with Crippen LogP contribution in [0.4, 0.5) is 18.9 Å². The average molecular weight is 337 g/mol. The normalized spacial score (nSPS) is 19.6. The van der Waals surface area contributed by atoms with Gasteiger partial charge in [0.1, 0.15) is 0 Å². The first-order valence-electron chi connectivity index (χ1n) is 6.61. The SMILES string of the molecule is CC(C)C1CCSC(Nc2ccc(Cl)cc2C(F)(F)F)=N1. The summed E-state index contributed by atoms with van der Waals surface area (Å²) in [7, 11) is 0. The van der Waals surface area contributed by atoms with Crippen LogP contribution in [0.1, 0.15) is 25.8 Å². The topological polar surface area (TPSA) is 24.4 Å². The van der Waals surface area contributed by atoms with Crippen LogP contribution in [0.25, 0.3) is 0 Å². The molecule has 2 rings (SSSR count). The van der Waals surface area contributed by atoms with E-state index < -0.39 is 11.7 Å². The molecule has 0 amide bonds. The minimum atomic E-state index is -4.45. The van der Waals surface area contributed by atoms with Crippen molar-refractivity contribution < 1.29 is 13.2 Å². The van der Waals surface area contributed by atoms with Gasteiger partial charge < -0.3 is 5.32 Å². The van der Waals surface area contributed by atoms with E-state index in [9.17, 15) is 13.2 Å². The van der Waals surface area contributed by atoms with E-state index in [-0.39, 0.29) is 16.8 Å². The fourth-order valence-electron chi connectivity index (χ4n) is 2.05. The molecule has 1 atom stereocenters. The smallest absolute Gasteiger partial charge is 0.334 e. The Kier molecular flexibility index (Phi) is 5.09. The number of halogens is 4. The van der Waals surface area contributed by atoms with E-state index >= 15 is 0 Å². The molecule has 1 aromatic carbocycles. The lowest BCUT2D eigenvalue weighted by molar-refractivity contribution is -0.136. The average Bonchev–Trinajstić information content (AvgIpc) is 2.40. The molecule has 0 saturated carbocycles. The Balaban J connectivity index is 2.27. The highest BCUT2D eigenvalue weighted by molar-refractivity contribution is 8.14. The van der Waals surface area contributed by atoms with Crippen LogP contribution in [0.5, 0.6) is 0 Å². The number of alkyl halides is 3. The van der Waals surface area contributed by atoms with Gasteiger partial charge in [-0.2, -0.15) is 13.2 Å². The number of amidine groups is 1. The van der Waals surface area contributed by atoms with Gasteiger partial charge in [-0.05, 0) is 30.5 Å². The zero-order valence-corrected chi connectivity index (χ0v) is 13.2. The van der Waals surface area contributed by atoms with Crippen LogP contribution in [0.15, 0.2) is 23.2 Å². The van der Waals surface area contributed by atoms with Gasteiger partial charge in [0.15, 0.2) is 5.17 Å². The summed E-state index contributed by atoms with van der Waals surface area (Å²) < 4.78 is 39.1. The molecule has 1 aliphatic rings. The van der Waals surface area contributed by atoms with Gasteiger partial charge in [0, 0.05) is 10.8 Å². The second kappa shape index (κ2) is 6.48. The van der Waals surface area contributed by atoms with Gasteiger partial charge in [-0.3, -0.25) is 4.99 Å². The summed E-state index contributed by atoms with van der Waals surface area (Å²) in [6.07, 6.45) is -3.51.